The number of halogens is 1. The van der Waals surface area contributed by atoms with Crippen LogP contribution in [-0.2, 0) is 4.79 Å². The maximum Gasteiger partial charge on any atom is 0.258 e. The van der Waals surface area contributed by atoms with Crippen LogP contribution in [0.4, 0.5) is 4.39 Å². The van der Waals surface area contributed by atoms with Crippen molar-refractivity contribution in [2.24, 2.45) is 0 Å². The number of amides is 1. The summed E-state index contributed by atoms with van der Waals surface area (Å²) in [6.45, 7) is 3.49. The quantitative estimate of drug-likeness (QED) is 0.863. The molecule has 0 unspecified atom stereocenters. The average Bonchev–Trinajstić information content (AvgIpc) is 2.25. The number of nitrogens with zero attached hydrogens (tertiary/aromatic N) is 1. The molecule has 1 aromatic rings. The van der Waals surface area contributed by atoms with Crippen molar-refractivity contribution in [3.63, 3.8) is 0 Å². The third kappa shape index (κ3) is 4.11. The van der Waals surface area contributed by atoms with Crippen molar-refractivity contribution < 1.29 is 13.9 Å². The average molecular weight is 236 g/mol. The van der Waals surface area contributed by atoms with Gasteiger partial charge in [0.05, 0.1) is 5.56 Å². The van der Waals surface area contributed by atoms with E-state index in [2.05, 4.69) is 5.32 Å². The van der Waals surface area contributed by atoms with E-state index in [-0.39, 0.29) is 29.9 Å². The number of nitrogens with one attached hydrogen (secondary N) is 1. The van der Waals surface area contributed by atoms with Crippen LogP contribution >= 0.6 is 0 Å². The molecule has 1 aromatic carbocycles. The highest BCUT2D eigenvalue weighted by atomic mass is 19.1. The summed E-state index contributed by atoms with van der Waals surface area (Å²) in [5.41, 5.74) is -0.0519. The summed E-state index contributed by atoms with van der Waals surface area (Å²) < 4.78 is 18.3. The zero-order valence-electron chi connectivity index (χ0n) is 9.66. The van der Waals surface area contributed by atoms with Gasteiger partial charge in [-0.25, -0.2) is 4.39 Å². The number of rotatable bonds is 4. The van der Waals surface area contributed by atoms with E-state index < -0.39 is 5.82 Å². The van der Waals surface area contributed by atoms with E-state index in [1.165, 1.54) is 12.1 Å². The van der Waals surface area contributed by atoms with Crippen LogP contribution in [0.2, 0.25) is 0 Å². The highest BCUT2D eigenvalue weighted by molar-refractivity contribution is 5.77. The normalized spacial score (nSPS) is 9.82. The van der Waals surface area contributed by atoms with Crippen molar-refractivity contribution in [1.82, 2.24) is 5.32 Å². The molecule has 1 N–H and O–H groups in total. The van der Waals surface area contributed by atoms with Crippen molar-refractivity contribution in [2.45, 2.75) is 19.9 Å². The molecule has 5 heteroatoms. The highest BCUT2D eigenvalue weighted by Crippen LogP contribution is 2.15. The summed E-state index contributed by atoms with van der Waals surface area (Å²) in [6, 6.07) is 5.58. The Morgan fingerprint density at radius 2 is 2.29 bits per heavy atom. The van der Waals surface area contributed by atoms with E-state index in [0.29, 0.717) is 0 Å². The second kappa shape index (κ2) is 5.85. The number of hydrogen-bond acceptors (Lipinski definition) is 3. The first-order chi connectivity index (χ1) is 8.02. The van der Waals surface area contributed by atoms with Gasteiger partial charge in [0, 0.05) is 12.1 Å². The second-order valence-corrected chi connectivity index (χ2v) is 3.76. The molecule has 0 bridgehead atoms. The smallest absolute Gasteiger partial charge is 0.258 e. The lowest BCUT2D eigenvalue weighted by Gasteiger charge is -2.09. The van der Waals surface area contributed by atoms with Gasteiger partial charge in [-0.3, -0.25) is 4.79 Å². The lowest BCUT2D eigenvalue weighted by Crippen LogP contribution is -2.34. The van der Waals surface area contributed by atoms with Crippen LogP contribution < -0.4 is 10.1 Å². The number of benzene rings is 1. The van der Waals surface area contributed by atoms with Gasteiger partial charge in [-0.2, -0.15) is 5.26 Å². The molecule has 0 radical (unpaired) electrons. The fraction of sp³-hybridized carbons (Fsp3) is 0.333. The van der Waals surface area contributed by atoms with E-state index in [4.69, 9.17) is 10.00 Å². The third-order valence-electron chi connectivity index (χ3n) is 1.88. The lowest BCUT2D eigenvalue weighted by molar-refractivity contribution is -0.123. The molecule has 0 aliphatic rings. The SMILES string of the molecule is CC(C)NC(=O)COc1ccc(C#N)c(F)c1. The molecule has 0 aliphatic carbocycles. The minimum atomic E-state index is -0.658. The Labute approximate surface area is 99.0 Å². The van der Waals surface area contributed by atoms with Crippen molar-refractivity contribution in [2.75, 3.05) is 6.61 Å². The Hall–Kier alpha value is -2.09. The van der Waals surface area contributed by atoms with Gasteiger partial charge >= 0.3 is 0 Å². The fourth-order valence-corrected chi connectivity index (χ4v) is 1.19. The van der Waals surface area contributed by atoms with Crippen LogP contribution in [0.25, 0.3) is 0 Å². The molecule has 4 nitrogen and oxygen atoms in total. The van der Waals surface area contributed by atoms with Crippen molar-refractivity contribution in [1.29, 1.82) is 5.26 Å². The van der Waals surface area contributed by atoms with Crippen LogP contribution in [-0.4, -0.2) is 18.6 Å². The standard InChI is InChI=1S/C12H13FN2O2/c1-8(2)15-12(16)7-17-10-4-3-9(6-14)11(13)5-10/h3-5,8H,7H2,1-2H3,(H,15,16). The number of hydrogen-bond donors (Lipinski definition) is 1. The van der Waals surface area contributed by atoms with Crippen LogP contribution in [0.5, 0.6) is 5.75 Å². The molecule has 0 atom stereocenters. The Balaban J connectivity index is 2.56. The summed E-state index contributed by atoms with van der Waals surface area (Å²) >= 11 is 0. The zero-order valence-corrected chi connectivity index (χ0v) is 9.66. The van der Waals surface area contributed by atoms with E-state index in [1.54, 1.807) is 6.07 Å². The molecule has 0 fully saturated rings. The summed E-state index contributed by atoms with van der Waals surface area (Å²) in [5.74, 6) is -0.709. The van der Waals surface area contributed by atoms with Crippen LogP contribution in [0, 0.1) is 17.1 Å². The summed E-state index contributed by atoms with van der Waals surface area (Å²) in [6.07, 6.45) is 0. The molecule has 90 valence electrons. The second-order valence-electron chi connectivity index (χ2n) is 3.76. The predicted molar refractivity (Wildman–Crippen MR) is 59.9 cm³/mol. The van der Waals surface area contributed by atoms with E-state index in [9.17, 15) is 9.18 Å². The van der Waals surface area contributed by atoms with Gasteiger partial charge in [-0.05, 0) is 26.0 Å². The first-order valence-corrected chi connectivity index (χ1v) is 5.14. The van der Waals surface area contributed by atoms with Crippen molar-refractivity contribution >= 4 is 5.91 Å². The number of nitriles is 1. The molecule has 0 saturated heterocycles. The lowest BCUT2D eigenvalue weighted by atomic mass is 10.2. The van der Waals surface area contributed by atoms with Crippen molar-refractivity contribution in [3.05, 3.63) is 29.6 Å². The van der Waals surface area contributed by atoms with Gasteiger partial charge < -0.3 is 10.1 Å². The maximum atomic E-state index is 13.2. The van der Waals surface area contributed by atoms with Crippen molar-refractivity contribution in [3.8, 4) is 11.8 Å². The van der Waals surface area contributed by atoms with Crippen LogP contribution in [0.3, 0.4) is 0 Å². The molecule has 0 aliphatic heterocycles. The molecule has 0 saturated carbocycles. The van der Waals surface area contributed by atoms with Crippen LogP contribution in [0.1, 0.15) is 19.4 Å². The predicted octanol–water partition coefficient (Wildman–Crippen LogP) is 1.60. The topological polar surface area (TPSA) is 62.1 Å². The van der Waals surface area contributed by atoms with Gasteiger partial charge in [0.15, 0.2) is 6.61 Å². The number of carbonyl (C=O) groups is 1. The first-order valence-electron chi connectivity index (χ1n) is 5.14. The molecule has 0 spiro atoms. The van der Waals surface area contributed by atoms with Gasteiger partial charge in [0.1, 0.15) is 17.6 Å². The molecule has 1 rings (SSSR count). The Kier molecular flexibility index (Phi) is 4.46. The molecular formula is C12H13FN2O2. The highest BCUT2D eigenvalue weighted by Gasteiger charge is 2.06. The zero-order chi connectivity index (χ0) is 12.8. The maximum absolute atomic E-state index is 13.2. The molecule has 0 heterocycles. The van der Waals surface area contributed by atoms with Gasteiger partial charge in [-0.15, -0.1) is 0 Å². The molecular weight excluding hydrogens is 223 g/mol. The molecule has 17 heavy (non-hydrogen) atoms. The first kappa shape index (κ1) is 13.0. The van der Waals surface area contributed by atoms with E-state index in [1.807, 2.05) is 13.8 Å². The minimum Gasteiger partial charge on any atom is -0.484 e. The monoisotopic (exact) mass is 236 g/mol. The largest absolute Gasteiger partial charge is 0.484 e. The Bertz CT molecular complexity index is 452. The molecule has 1 amide bonds. The third-order valence-corrected chi connectivity index (χ3v) is 1.88. The fourth-order valence-electron chi connectivity index (χ4n) is 1.19. The summed E-state index contributed by atoms with van der Waals surface area (Å²) in [7, 11) is 0. The number of ether oxygens (including phenoxy) is 1. The Morgan fingerprint density at radius 3 is 2.82 bits per heavy atom. The minimum absolute atomic E-state index is 0.0313. The van der Waals surface area contributed by atoms with E-state index >= 15 is 0 Å². The Morgan fingerprint density at radius 1 is 1.59 bits per heavy atom. The van der Waals surface area contributed by atoms with Gasteiger partial charge in [0.2, 0.25) is 0 Å². The number of carbonyl (C=O) groups excluding carboxylic acids is 1. The van der Waals surface area contributed by atoms with Gasteiger partial charge in [0.25, 0.3) is 5.91 Å². The van der Waals surface area contributed by atoms with Gasteiger partial charge in [-0.1, -0.05) is 0 Å². The summed E-state index contributed by atoms with van der Waals surface area (Å²) in [4.78, 5) is 11.3. The summed E-state index contributed by atoms with van der Waals surface area (Å²) in [5, 5.41) is 11.2. The molecule has 0 aromatic heterocycles. The van der Waals surface area contributed by atoms with E-state index in [0.717, 1.165) is 6.07 Å². The van der Waals surface area contributed by atoms with Crippen LogP contribution in [0.15, 0.2) is 18.2 Å².